The Labute approximate surface area is 157 Å². The second-order valence-electron chi connectivity index (χ2n) is 7.16. The Kier molecular flexibility index (Phi) is 9.01. The van der Waals surface area contributed by atoms with Gasteiger partial charge in [-0.15, -0.1) is 0 Å². The number of rotatable bonds is 9. The normalized spacial score (nSPS) is 15.9. The molecule has 1 unspecified atom stereocenters. The molecule has 1 saturated carbocycles. The molecular weight excluding hydrogens is 326 g/mol. The molecule has 1 aliphatic carbocycles. The van der Waals surface area contributed by atoms with Crippen molar-refractivity contribution < 1.29 is 9.59 Å². The quantitative estimate of drug-likeness (QED) is 0.582. The van der Waals surface area contributed by atoms with E-state index in [9.17, 15) is 9.59 Å². The summed E-state index contributed by atoms with van der Waals surface area (Å²) in [5, 5.41) is 9.01. The standard InChI is InChI=1S/C21H33N3O2/c1-2-10-19(17-11-5-3-6-12-17)24-20(25)15-9-16-22-21(26)23-18-13-7-4-8-14-18/h3,5-6,11-12,18-19H,2,4,7-10,13-16H2,1H3,(H,24,25)(H2,22,23,26). The molecule has 5 nitrogen and oxygen atoms in total. The molecule has 0 aromatic heterocycles. The number of hydrogen-bond acceptors (Lipinski definition) is 2. The lowest BCUT2D eigenvalue weighted by molar-refractivity contribution is -0.122. The van der Waals surface area contributed by atoms with Crippen LogP contribution in [0.25, 0.3) is 0 Å². The summed E-state index contributed by atoms with van der Waals surface area (Å²) < 4.78 is 0. The summed E-state index contributed by atoms with van der Waals surface area (Å²) in [6.45, 7) is 2.65. The molecule has 1 fully saturated rings. The van der Waals surface area contributed by atoms with E-state index in [0.717, 1.165) is 31.2 Å². The summed E-state index contributed by atoms with van der Waals surface area (Å²) in [5.74, 6) is 0.0433. The fourth-order valence-electron chi connectivity index (χ4n) is 3.50. The van der Waals surface area contributed by atoms with Crippen LogP contribution in [-0.4, -0.2) is 24.5 Å². The van der Waals surface area contributed by atoms with Gasteiger partial charge in [-0.3, -0.25) is 4.79 Å². The van der Waals surface area contributed by atoms with Crippen molar-refractivity contribution in [2.24, 2.45) is 0 Å². The molecule has 0 bridgehead atoms. The van der Waals surface area contributed by atoms with Crippen LogP contribution in [0.3, 0.4) is 0 Å². The molecule has 144 valence electrons. The third-order valence-electron chi connectivity index (χ3n) is 4.92. The van der Waals surface area contributed by atoms with Gasteiger partial charge < -0.3 is 16.0 Å². The van der Waals surface area contributed by atoms with Crippen LogP contribution in [0.2, 0.25) is 0 Å². The molecule has 0 heterocycles. The highest BCUT2D eigenvalue weighted by Crippen LogP contribution is 2.18. The second-order valence-corrected chi connectivity index (χ2v) is 7.16. The van der Waals surface area contributed by atoms with Gasteiger partial charge in [-0.05, 0) is 31.2 Å². The van der Waals surface area contributed by atoms with Crippen LogP contribution < -0.4 is 16.0 Å². The van der Waals surface area contributed by atoms with Crippen molar-refractivity contribution in [3.8, 4) is 0 Å². The van der Waals surface area contributed by atoms with Crippen molar-refractivity contribution in [1.82, 2.24) is 16.0 Å². The highest BCUT2D eigenvalue weighted by atomic mass is 16.2. The van der Waals surface area contributed by atoms with Crippen LogP contribution in [-0.2, 0) is 4.79 Å². The third kappa shape index (κ3) is 7.46. The second kappa shape index (κ2) is 11.6. The molecule has 1 aliphatic rings. The topological polar surface area (TPSA) is 70.2 Å². The van der Waals surface area contributed by atoms with Crippen LogP contribution in [0.4, 0.5) is 4.79 Å². The maximum Gasteiger partial charge on any atom is 0.315 e. The molecule has 5 heteroatoms. The van der Waals surface area contributed by atoms with Gasteiger partial charge in [-0.2, -0.15) is 0 Å². The van der Waals surface area contributed by atoms with Gasteiger partial charge in [-0.25, -0.2) is 4.79 Å². The molecule has 1 atom stereocenters. The number of amides is 3. The van der Waals surface area contributed by atoms with E-state index in [-0.39, 0.29) is 18.0 Å². The summed E-state index contributed by atoms with van der Waals surface area (Å²) >= 11 is 0. The first kappa shape index (κ1) is 20.3. The van der Waals surface area contributed by atoms with Gasteiger partial charge in [0.1, 0.15) is 0 Å². The summed E-state index contributed by atoms with van der Waals surface area (Å²) in [4.78, 5) is 24.1. The molecular formula is C21H33N3O2. The Balaban J connectivity index is 1.63. The number of hydrogen-bond donors (Lipinski definition) is 3. The molecule has 3 amide bonds. The lowest BCUT2D eigenvalue weighted by Crippen LogP contribution is -2.43. The van der Waals surface area contributed by atoms with Crippen molar-refractivity contribution in [3.63, 3.8) is 0 Å². The number of carbonyl (C=O) groups excluding carboxylic acids is 2. The zero-order valence-corrected chi connectivity index (χ0v) is 15.9. The monoisotopic (exact) mass is 359 g/mol. The zero-order valence-electron chi connectivity index (χ0n) is 15.9. The van der Waals surface area contributed by atoms with Crippen molar-refractivity contribution in [3.05, 3.63) is 35.9 Å². The van der Waals surface area contributed by atoms with E-state index in [0.29, 0.717) is 25.4 Å². The maximum atomic E-state index is 12.2. The molecule has 0 aliphatic heterocycles. The van der Waals surface area contributed by atoms with Crippen molar-refractivity contribution in [2.75, 3.05) is 6.54 Å². The van der Waals surface area contributed by atoms with Gasteiger partial charge in [0.15, 0.2) is 0 Å². The predicted octanol–water partition coefficient (Wildman–Crippen LogP) is 4.06. The Morgan fingerprint density at radius 2 is 1.85 bits per heavy atom. The number of benzene rings is 1. The maximum absolute atomic E-state index is 12.2. The largest absolute Gasteiger partial charge is 0.349 e. The van der Waals surface area contributed by atoms with E-state index >= 15 is 0 Å². The average Bonchev–Trinajstić information content (AvgIpc) is 2.66. The minimum atomic E-state index is -0.106. The van der Waals surface area contributed by atoms with Crippen molar-refractivity contribution >= 4 is 11.9 Å². The highest BCUT2D eigenvalue weighted by Gasteiger charge is 2.16. The predicted molar refractivity (Wildman–Crippen MR) is 105 cm³/mol. The SMILES string of the molecule is CCCC(NC(=O)CCCNC(=O)NC1CCCCC1)c1ccccc1. The summed E-state index contributed by atoms with van der Waals surface area (Å²) in [6, 6.07) is 10.4. The van der Waals surface area contributed by atoms with Gasteiger partial charge in [0.05, 0.1) is 6.04 Å². The lowest BCUT2D eigenvalue weighted by atomic mass is 9.96. The first-order valence-electron chi connectivity index (χ1n) is 10.1. The molecule has 1 aromatic carbocycles. The number of urea groups is 1. The molecule has 1 aromatic rings. The molecule has 0 spiro atoms. The van der Waals surface area contributed by atoms with Gasteiger partial charge in [-0.1, -0.05) is 62.9 Å². The van der Waals surface area contributed by atoms with Crippen LogP contribution in [0.5, 0.6) is 0 Å². The number of nitrogens with one attached hydrogen (secondary N) is 3. The summed E-state index contributed by atoms with van der Waals surface area (Å²) in [5.41, 5.74) is 1.15. The Bertz CT molecular complexity index is 541. The fourth-order valence-corrected chi connectivity index (χ4v) is 3.50. The minimum absolute atomic E-state index is 0.0433. The first-order chi connectivity index (χ1) is 12.7. The van der Waals surface area contributed by atoms with Crippen LogP contribution in [0.15, 0.2) is 30.3 Å². The first-order valence-corrected chi connectivity index (χ1v) is 10.1. The lowest BCUT2D eigenvalue weighted by Gasteiger charge is -2.22. The van der Waals surface area contributed by atoms with E-state index in [2.05, 4.69) is 35.0 Å². The van der Waals surface area contributed by atoms with E-state index in [1.165, 1.54) is 19.3 Å². The van der Waals surface area contributed by atoms with Gasteiger partial charge in [0.25, 0.3) is 0 Å². The molecule has 0 saturated heterocycles. The molecule has 26 heavy (non-hydrogen) atoms. The Morgan fingerprint density at radius 1 is 1.12 bits per heavy atom. The van der Waals surface area contributed by atoms with Crippen LogP contribution >= 0.6 is 0 Å². The summed E-state index contributed by atoms with van der Waals surface area (Å²) in [6.07, 6.45) is 8.85. The Hall–Kier alpha value is -2.04. The average molecular weight is 360 g/mol. The van der Waals surface area contributed by atoms with Crippen LogP contribution in [0, 0.1) is 0 Å². The van der Waals surface area contributed by atoms with E-state index < -0.39 is 0 Å². The Morgan fingerprint density at radius 3 is 2.54 bits per heavy atom. The number of carbonyl (C=O) groups is 2. The minimum Gasteiger partial charge on any atom is -0.349 e. The third-order valence-corrected chi connectivity index (χ3v) is 4.92. The van der Waals surface area contributed by atoms with Crippen molar-refractivity contribution in [2.45, 2.75) is 76.8 Å². The van der Waals surface area contributed by atoms with E-state index in [1.54, 1.807) is 0 Å². The zero-order chi connectivity index (χ0) is 18.6. The molecule has 0 radical (unpaired) electrons. The van der Waals surface area contributed by atoms with Gasteiger partial charge in [0, 0.05) is 19.0 Å². The highest BCUT2D eigenvalue weighted by molar-refractivity contribution is 5.77. The molecule has 3 N–H and O–H groups in total. The molecule has 2 rings (SSSR count). The van der Waals surface area contributed by atoms with Crippen molar-refractivity contribution in [1.29, 1.82) is 0 Å². The van der Waals surface area contributed by atoms with E-state index in [1.807, 2.05) is 18.2 Å². The van der Waals surface area contributed by atoms with Gasteiger partial charge >= 0.3 is 6.03 Å². The van der Waals surface area contributed by atoms with E-state index in [4.69, 9.17) is 0 Å². The fraction of sp³-hybridized carbons (Fsp3) is 0.619. The smallest absolute Gasteiger partial charge is 0.315 e. The summed E-state index contributed by atoms with van der Waals surface area (Å²) in [7, 11) is 0. The van der Waals surface area contributed by atoms with Gasteiger partial charge in [0.2, 0.25) is 5.91 Å². The van der Waals surface area contributed by atoms with Crippen LogP contribution in [0.1, 0.15) is 76.3 Å².